The summed E-state index contributed by atoms with van der Waals surface area (Å²) in [5.74, 6) is 2.92. The van der Waals surface area contributed by atoms with Crippen LogP contribution in [0.15, 0.2) is 0 Å². The Labute approximate surface area is 104 Å². The van der Waals surface area contributed by atoms with Crippen molar-refractivity contribution < 1.29 is 4.79 Å². The second-order valence-corrected chi connectivity index (χ2v) is 6.71. The van der Waals surface area contributed by atoms with Crippen molar-refractivity contribution in [2.75, 3.05) is 20.1 Å². The molecule has 4 rings (SSSR count). The smallest absolute Gasteiger partial charge is 0.228 e. The van der Waals surface area contributed by atoms with E-state index in [1.54, 1.807) is 0 Å². The average molecular weight is 236 g/mol. The van der Waals surface area contributed by atoms with Gasteiger partial charge in [0.2, 0.25) is 5.91 Å². The number of nitrogens with two attached hydrogens (primary N) is 1. The van der Waals surface area contributed by atoms with Gasteiger partial charge in [0.15, 0.2) is 0 Å². The monoisotopic (exact) mass is 236 g/mol. The van der Waals surface area contributed by atoms with Crippen molar-refractivity contribution in [3.8, 4) is 0 Å². The van der Waals surface area contributed by atoms with E-state index in [2.05, 4.69) is 0 Å². The third-order valence-electron chi connectivity index (χ3n) is 5.30. The zero-order chi connectivity index (χ0) is 12.0. The quantitative estimate of drug-likeness (QED) is 0.809. The number of hydrogen-bond acceptors (Lipinski definition) is 2. The summed E-state index contributed by atoms with van der Waals surface area (Å²) in [6, 6.07) is 0. The molecule has 4 saturated carbocycles. The number of rotatable bonds is 3. The fourth-order valence-corrected chi connectivity index (χ4v) is 5.07. The van der Waals surface area contributed by atoms with E-state index in [9.17, 15) is 4.79 Å². The summed E-state index contributed by atoms with van der Waals surface area (Å²) in [4.78, 5) is 14.5. The van der Waals surface area contributed by atoms with E-state index in [1.165, 1.54) is 19.3 Å². The minimum Gasteiger partial charge on any atom is -0.344 e. The summed E-state index contributed by atoms with van der Waals surface area (Å²) in [5, 5.41) is 0. The zero-order valence-electron chi connectivity index (χ0n) is 10.8. The van der Waals surface area contributed by atoms with E-state index in [-0.39, 0.29) is 5.41 Å². The van der Waals surface area contributed by atoms with Gasteiger partial charge in [-0.25, -0.2) is 0 Å². The molecular weight excluding hydrogens is 212 g/mol. The Morgan fingerprint density at radius 1 is 1.18 bits per heavy atom. The summed E-state index contributed by atoms with van der Waals surface area (Å²) < 4.78 is 0. The molecule has 2 N–H and O–H groups in total. The number of hydrogen-bond donors (Lipinski definition) is 1. The average Bonchev–Trinajstić information content (AvgIpc) is 2.26. The van der Waals surface area contributed by atoms with Gasteiger partial charge in [-0.3, -0.25) is 4.79 Å². The predicted octanol–water partition coefficient (Wildman–Crippen LogP) is 1.62. The van der Waals surface area contributed by atoms with Crippen molar-refractivity contribution in [2.24, 2.45) is 28.9 Å². The van der Waals surface area contributed by atoms with Crippen molar-refractivity contribution in [1.29, 1.82) is 0 Å². The van der Waals surface area contributed by atoms with Crippen LogP contribution >= 0.6 is 0 Å². The molecular formula is C14H24N2O. The van der Waals surface area contributed by atoms with Gasteiger partial charge in [-0.1, -0.05) is 0 Å². The van der Waals surface area contributed by atoms with Gasteiger partial charge < -0.3 is 10.6 Å². The minimum atomic E-state index is 0.0126. The molecule has 0 aromatic heterocycles. The molecule has 0 radical (unpaired) electrons. The summed E-state index contributed by atoms with van der Waals surface area (Å²) in [6.45, 7) is 1.29. The van der Waals surface area contributed by atoms with Crippen LogP contribution in [-0.4, -0.2) is 30.9 Å². The fraction of sp³-hybridized carbons (Fsp3) is 0.929. The molecule has 0 aromatic rings. The maximum atomic E-state index is 12.7. The first-order chi connectivity index (χ1) is 8.13. The van der Waals surface area contributed by atoms with E-state index in [4.69, 9.17) is 5.73 Å². The van der Waals surface area contributed by atoms with Crippen LogP contribution in [0.4, 0.5) is 0 Å². The molecule has 0 heterocycles. The molecule has 0 spiro atoms. The Bertz CT molecular complexity index is 291. The topological polar surface area (TPSA) is 46.3 Å². The molecule has 0 aromatic carbocycles. The Kier molecular flexibility index (Phi) is 2.69. The Hall–Kier alpha value is -0.570. The normalized spacial score (nSPS) is 42.8. The fourth-order valence-electron chi connectivity index (χ4n) is 5.07. The van der Waals surface area contributed by atoms with Crippen molar-refractivity contribution in [2.45, 2.75) is 38.5 Å². The molecule has 0 unspecified atom stereocenters. The minimum absolute atomic E-state index is 0.0126. The lowest BCUT2D eigenvalue weighted by atomic mass is 9.49. The van der Waals surface area contributed by atoms with Gasteiger partial charge in [0.25, 0.3) is 0 Å². The molecule has 4 aliphatic rings. The first kappa shape index (κ1) is 11.5. The van der Waals surface area contributed by atoms with E-state index < -0.39 is 0 Å². The van der Waals surface area contributed by atoms with Crippen molar-refractivity contribution in [3.05, 3.63) is 0 Å². The maximum absolute atomic E-state index is 12.7. The number of carbonyl (C=O) groups excluding carboxylic acids is 1. The molecule has 17 heavy (non-hydrogen) atoms. The highest BCUT2D eigenvalue weighted by Gasteiger charge is 2.55. The van der Waals surface area contributed by atoms with Crippen LogP contribution in [0.3, 0.4) is 0 Å². The molecule has 96 valence electrons. The highest BCUT2D eigenvalue weighted by atomic mass is 16.2. The molecule has 3 heteroatoms. The molecule has 4 aliphatic carbocycles. The summed E-state index contributed by atoms with van der Waals surface area (Å²) in [7, 11) is 1.92. The summed E-state index contributed by atoms with van der Waals surface area (Å²) >= 11 is 0. The first-order valence-electron chi connectivity index (χ1n) is 7.08. The Morgan fingerprint density at radius 2 is 1.65 bits per heavy atom. The number of amides is 1. The van der Waals surface area contributed by atoms with Crippen LogP contribution in [-0.2, 0) is 4.79 Å². The van der Waals surface area contributed by atoms with Gasteiger partial charge in [0, 0.05) is 20.1 Å². The van der Waals surface area contributed by atoms with Gasteiger partial charge in [-0.15, -0.1) is 0 Å². The highest BCUT2D eigenvalue weighted by molar-refractivity contribution is 5.83. The number of likely N-dealkylation sites (N-methyl/N-ethyl adjacent to an activating group) is 1. The molecule has 0 atom stereocenters. The zero-order valence-corrected chi connectivity index (χ0v) is 10.8. The third kappa shape index (κ3) is 1.79. The van der Waals surface area contributed by atoms with Crippen molar-refractivity contribution in [1.82, 2.24) is 4.90 Å². The van der Waals surface area contributed by atoms with Gasteiger partial charge in [0.1, 0.15) is 0 Å². The van der Waals surface area contributed by atoms with Crippen molar-refractivity contribution in [3.63, 3.8) is 0 Å². The first-order valence-corrected chi connectivity index (χ1v) is 7.08. The van der Waals surface area contributed by atoms with Gasteiger partial charge >= 0.3 is 0 Å². The Morgan fingerprint density at radius 3 is 2.06 bits per heavy atom. The van der Waals surface area contributed by atoms with Crippen LogP contribution in [0.5, 0.6) is 0 Å². The SMILES string of the molecule is CN(CCN)C(=O)C12CC3CC(CC(C3)C1)C2. The molecule has 1 amide bonds. The molecule has 4 bridgehead atoms. The summed E-state index contributed by atoms with van der Waals surface area (Å²) in [5.41, 5.74) is 5.58. The van der Waals surface area contributed by atoms with Crippen molar-refractivity contribution >= 4 is 5.91 Å². The van der Waals surface area contributed by atoms with Crippen LogP contribution in [0.2, 0.25) is 0 Å². The largest absolute Gasteiger partial charge is 0.344 e. The lowest BCUT2D eigenvalue weighted by molar-refractivity contribution is -0.156. The third-order valence-corrected chi connectivity index (χ3v) is 5.30. The lowest BCUT2D eigenvalue weighted by Gasteiger charge is -2.56. The van der Waals surface area contributed by atoms with Gasteiger partial charge in [-0.05, 0) is 56.3 Å². The second kappa shape index (κ2) is 3.98. The van der Waals surface area contributed by atoms with Crippen LogP contribution in [0.1, 0.15) is 38.5 Å². The van der Waals surface area contributed by atoms with E-state index >= 15 is 0 Å². The summed E-state index contributed by atoms with van der Waals surface area (Å²) in [6.07, 6.45) is 7.67. The predicted molar refractivity (Wildman–Crippen MR) is 67.3 cm³/mol. The van der Waals surface area contributed by atoms with Gasteiger partial charge in [0.05, 0.1) is 5.41 Å². The number of nitrogens with zero attached hydrogens (tertiary/aromatic N) is 1. The molecule has 4 fully saturated rings. The van der Waals surface area contributed by atoms with E-state index in [0.29, 0.717) is 19.0 Å². The number of carbonyl (C=O) groups is 1. The lowest BCUT2D eigenvalue weighted by Crippen LogP contribution is -2.54. The molecule has 0 aliphatic heterocycles. The van der Waals surface area contributed by atoms with E-state index in [0.717, 1.165) is 37.0 Å². The second-order valence-electron chi connectivity index (χ2n) is 6.71. The highest BCUT2D eigenvalue weighted by Crippen LogP contribution is 2.60. The van der Waals surface area contributed by atoms with Crippen LogP contribution in [0.25, 0.3) is 0 Å². The standard InChI is InChI=1S/C14H24N2O/c1-16(3-2-15)13(17)14-7-10-4-11(8-14)6-12(5-10)9-14/h10-12H,2-9,15H2,1H3. The van der Waals surface area contributed by atoms with Gasteiger partial charge in [-0.2, -0.15) is 0 Å². The molecule has 3 nitrogen and oxygen atoms in total. The van der Waals surface area contributed by atoms with E-state index in [1.807, 2.05) is 11.9 Å². The maximum Gasteiger partial charge on any atom is 0.228 e. The molecule has 0 saturated heterocycles. The Balaban J connectivity index is 1.79. The van der Waals surface area contributed by atoms with Crippen LogP contribution in [0, 0.1) is 23.2 Å². The van der Waals surface area contributed by atoms with Crippen LogP contribution < -0.4 is 5.73 Å².